The third-order valence-corrected chi connectivity index (χ3v) is 15.9. The number of carbonyl (C=O) groups is 4. The van der Waals surface area contributed by atoms with E-state index in [1.807, 2.05) is 72.8 Å². The third-order valence-electron chi connectivity index (χ3n) is 9.89. The molecular formula is C42H44O8P2. The van der Waals surface area contributed by atoms with Gasteiger partial charge in [0.25, 0.3) is 0 Å². The number of aliphatic carboxylic acids is 1. The molecule has 0 saturated heterocycles. The van der Waals surface area contributed by atoms with Crippen LogP contribution >= 0.6 is 15.8 Å². The molecule has 6 rings (SSSR count). The number of hydrogen-bond acceptors (Lipinski definition) is 7. The fourth-order valence-electron chi connectivity index (χ4n) is 7.59. The fraction of sp³-hybridized carbons (Fsp3) is 0.333. The zero-order valence-corrected chi connectivity index (χ0v) is 30.9. The van der Waals surface area contributed by atoms with Crippen LogP contribution in [-0.2, 0) is 33.4 Å². The molecule has 0 heterocycles. The van der Waals surface area contributed by atoms with Crippen LogP contribution in [0.25, 0.3) is 0 Å². The summed E-state index contributed by atoms with van der Waals surface area (Å²) in [6.45, 7) is 1.51. The summed E-state index contributed by atoms with van der Waals surface area (Å²) in [5.74, 6) is -5.23. The number of esters is 3. The van der Waals surface area contributed by atoms with E-state index in [-0.39, 0.29) is 17.9 Å². The lowest BCUT2D eigenvalue weighted by atomic mass is 10.1. The zero-order chi connectivity index (χ0) is 36.5. The van der Waals surface area contributed by atoms with E-state index in [2.05, 4.69) is 48.5 Å². The second-order valence-electron chi connectivity index (χ2n) is 13.1. The lowest BCUT2D eigenvalue weighted by molar-refractivity contribution is -0.192. The van der Waals surface area contributed by atoms with E-state index in [0.29, 0.717) is 12.8 Å². The molecule has 0 bridgehead atoms. The maximum absolute atomic E-state index is 14.1. The van der Waals surface area contributed by atoms with Gasteiger partial charge >= 0.3 is 23.9 Å². The Morgan fingerprint density at radius 3 is 1.25 bits per heavy atom. The average Bonchev–Trinajstić information content (AvgIpc) is 3.86. The van der Waals surface area contributed by atoms with Gasteiger partial charge in [-0.1, -0.05) is 134 Å². The highest BCUT2D eigenvalue weighted by Gasteiger charge is 2.48. The monoisotopic (exact) mass is 738 g/mol. The van der Waals surface area contributed by atoms with Crippen LogP contribution in [0, 0.1) is 11.8 Å². The molecule has 2 fully saturated rings. The van der Waals surface area contributed by atoms with Crippen LogP contribution in [0.15, 0.2) is 121 Å². The summed E-state index contributed by atoms with van der Waals surface area (Å²) in [5.41, 5.74) is -0.213. The van der Waals surface area contributed by atoms with Crippen LogP contribution in [0.1, 0.15) is 45.4 Å². The Labute approximate surface area is 307 Å². The van der Waals surface area contributed by atoms with Crippen LogP contribution in [0.2, 0.25) is 0 Å². The van der Waals surface area contributed by atoms with Gasteiger partial charge in [0.2, 0.25) is 12.2 Å². The maximum Gasteiger partial charge on any atom is 0.352 e. The van der Waals surface area contributed by atoms with Crippen molar-refractivity contribution in [2.45, 2.75) is 69.0 Å². The first-order chi connectivity index (χ1) is 25.4. The Kier molecular flexibility index (Phi) is 12.9. The van der Waals surface area contributed by atoms with Crippen molar-refractivity contribution in [3.05, 3.63) is 121 Å². The summed E-state index contributed by atoms with van der Waals surface area (Å²) >= 11 is 0. The third kappa shape index (κ3) is 8.62. The van der Waals surface area contributed by atoms with E-state index < -0.39 is 63.8 Å². The molecule has 1 N–H and O–H groups in total. The normalized spacial score (nSPS) is 21.0. The van der Waals surface area contributed by atoms with Gasteiger partial charge in [0.1, 0.15) is 0 Å². The Morgan fingerprint density at radius 2 is 0.923 bits per heavy atom. The van der Waals surface area contributed by atoms with Crippen molar-refractivity contribution in [3.8, 4) is 0 Å². The zero-order valence-electron chi connectivity index (χ0n) is 29.2. The van der Waals surface area contributed by atoms with Gasteiger partial charge in [-0.3, -0.25) is 9.59 Å². The predicted octanol–water partition coefficient (Wildman–Crippen LogP) is 6.06. The number of carboxylic acid groups (broad SMARTS) is 1. The number of hydrogen-bond donors (Lipinski definition) is 1. The summed E-state index contributed by atoms with van der Waals surface area (Å²) in [6, 6.07) is 40.2. The maximum atomic E-state index is 14.1. The molecule has 8 nitrogen and oxygen atoms in total. The van der Waals surface area contributed by atoms with Gasteiger partial charge in [0.05, 0.1) is 18.4 Å². The SMILES string of the molecule is CCOC(=O)C(OC(=O)C1CCCC1P(c1ccccc1)c1ccccc1)C(OC(=O)C1CCCC1P(c1ccccc1)c1ccccc1)C(=O)O. The first-order valence-corrected chi connectivity index (χ1v) is 20.8. The largest absolute Gasteiger partial charge is 0.478 e. The quantitative estimate of drug-likeness (QED) is 0.0944. The molecule has 2 aliphatic rings. The van der Waals surface area contributed by atoms with Crippen LogP contribution in [-0.4, -0.2) is 59.1 Å². The standard InChI is InChI=1S/C42H44O8P2/c1-2-48-42(47)38(50-41(46)34-26-16-28-36(34)52(31-21-11-5-12-22-31)32-23-13-6-14-24-32)37(39(43)44)49-40(45)33-25-15-27-35(33)51(29-17-7-3-8-18-29)30-19-9-4-10-20-30/h3-14,17-24,33-38H,2,15-16,25-28H2,1H3,(H,43,44). The van der Waals surface area contributed by atoms with Gasteiger partial charge in [0, 0.05) is 11.3 Å². The highest BCUT2D eigenvalue weighted by Crippen LogP contribution is 2.52. The molecule has 2 aliphatic carbocycles. The molecule has 270 valence electrons. The van der Waals surface area contributed by atoms with E-state index in [1.165, 1.54) is 0 Å². The van der Waals surface area contributed by atoms with Gasteiger partial charge in [-0.2, -0.15) is 0 Å². The number of benzene rings is 4. The summed E-state index contributed by atoms with van der Waals surface area (Å²) in [6.07, 6.45) is 0.0983. The predicted molar refractivity (Wildman–Crippen MR) is 204 cm³/mol. The van der Waals surface area contributed by atoms with Crippen molar-refractivity contribution in [3.63, 3.8) is 0 Å². The topological polar surface area (TPSA) is 116 Å². The number of carboxylic acids is 1. The molecule has 4 aromatic rings. The minimum atomic E-state index is -2.07. The van der Waals surface area contributed by atoms with E-state index in [4.69, 9.17) is 14.2 Å². The Morgan fingerprint density at radius 1 is 0.577 bits per heavy atom. The molecule has 0 radical (unpaired) electrons. The molecule has 10 heteroatoms. The molecule has 0 amide bonds. The minimum absolute atomic E-state index is 0.0737. The molecule has 6 atom stereocenters. The van der Waals surface area contributed by atoms with Crippen molar-refractivity contribution in [2.24, 2.45) is 11.8 Å². The molecule has 0 aromatic heterocycles. The summed E-state index contributed by atoms with van der Waals surface area (Å²) in [4.78, 5) is 54.4. The lowest BCUT2D eigenvalue weighted by Crippen LogP contribution is -2.48. The fourth-order valence-corrected chi connectivity index (χ4v) is 13.8. The highest BCUT2D eigenvalue weighted by molar-refractivity contribution is 7.74. The van der Waals surface area contributed by atoms with E-state index in [0.717, 1.165) is 46.9 Å². The first kappa shape index (κ1) is 37.4. The summed E-state index contributed by atoms with van der Waals surface area (Å²) < 4.78 is 16.8. The van der Waals surface area contributed by atoms with Crippen LogP contribution < -0.4 is 21.2 Å². The first-order valence-electron chi connectivity index (χ1n) is 18.0. The molecule has 6 unspecified atom stereocenters. The van der Waals surface area contributed by atoms with Crippen molar-refractivity contribution in [1.29, 1.82) is 0 Å². The summed E-state index contributed by atoms with van der Waals surface area (Å²) in [7, 11) is -1.98. The molecule has 0 spiro atoms. The number of ether oxygens (including phenoxy) is 3. The Hall–Kier alpha value is -4.38. The summed E-state index contributed by atoms with van der Waals surface area (Å²) in [5, 5.41) is 14.9. The van der Waals surface area contributed by atoms with Crippen molar-refractivity contribution in [1.82, 2.24) is 0 Å². The van der Waals surface area contributed by atoms with Gasteiger partial charge in [0.15, 0.2) is 0 Å². The molecular weight excluding hydrogens is 694 g/mol. The van der Waals surface area contributed by atoms with Crippen molar-refractivity contribution in [2.75, 3.05) is 6.61 Å². The van der Waals surface area contributed by atoms with Crippen LogP contribution in [0.5, 0.6) is 0 Å². The molecule has 2 saturated carbocycles. The molecule has 0 aliphatic heterocycles. The second kappa shape index (κ2) is 17.9. The average molecular weight is 739 g/mol. The van der Waals surface area contributed by atoms with Crippen LogP contribution in [0.3, 0.4) is 0 Å². The number of rotatable bonds is 14. The van der Waals surface area contributed by atoms with Crippen molar-refractivity contribution < 1.29 is 38.5 Å². The second-order valence-corrected chi connectivity index (χ2v) is 18.0. The van der Waals surface area contributed by atoms with Crippen LogP contribution in [0.4, 0.5) is 0 Å². The van der Waals surface area contributed by atoms with Gasteiger partial charge in [-0.25, -0.2) is 9.59 Å². The van der Waals surface area contributed by atoms with E-state index in [9.17, 15) is 24.3 Å². The van der Waals surface area contributed by atoms with Gasteiger partial charge < -0.3 is 19.3 Å². The highest BCUT2D eigenvalue weighted by atomic mass is 31.1. The van der Waals surface area contributed by atoms with Gasteiger partial charge in [-0.05, 0) is 69.7 Å². The van der Waals surface area contributed by atoms with E-state index in [1.54, 1.807) is 6.92 Å². The lowest BCUT2D eigenvalue weighted by Gasteiger charge is -2.31. The van der Waals surface area contributed by atoms with Gasteiger partial charge in [-0.15, -0.1) is 0 Å². The van der Waals surface area contributed by atoms with Crippen molar-refractivity contribution >= 4 is 60.9 Å². The minimum Gasteiger partial charge on any atom is -0.478 e. The Balaban J connectivity index is 1.25. The number of carbonyl (C=O) groups excluding carboxylic acids is 3. The molecule has 52 heavy (non-hydrogen) atoms. The smallest absolute Gasteiger partial charge is 0.352 e. The molecule has 4 aromatic carbocycles. The Bertz CT molecular complexity index is 1710. The van der Waals surface area contributed by atoms with E-state index >= 15 is 0 Å².